The van der Waals surface area contributed by atoms with Crippen molar-refractivity contribution in [3.8, 4) is 0 Å². The summed E-state index contributed by atoms with van der Waals surface area (Å²) in [6, 6.07) is -0.356. The van der Waals surface area contributed by atoms with Gasteiger partial charge in [0.05, 0.1) is 7.11 Å². The van der Waals surface area contributed by atoms with E-state index in [9.17, 15) is 4.79 Å². The summed E-state index contributed by atoms with van der Waals surface area (Å²) in [7, 11) is 1.36. The fraction of sp³-hybridized carbons (Fsp3) is 0.444. The maximum Gasteiger partial charge on any atom is 0.328 e. The Hall–Kier alpha value is -1.25. The molecule has 0 unspecified atom stereocenters. The largest absolute Gasteiger partial charge is 0.467 e. The SMILES string of the molecule is C=CC[C@H](NC(=C)C)C(=O)OC. The zero-order valence-electron chi connectivity index (χ0n) is 7.59. The number of rotatable bonds is 5. The lowest BCUT2D eigenvalue weighted by molar-refractivity contribution is -0.142. The Bertz CT molecular complexity index is 187. The van der Waals surface area contributed by atoms with Gasteiger partial charge in [0.25, 0.3) is 0 Å². The second-order valence-electron chi connectivity index (χ2n) is 2.52. The van der Waals surface area contributed by atoms with Crippen molar-refractivity contribution in [2.24, 2.45) is 0 Å². The monoisotopic (exact) mass is 169 g/mol. The fourth-order valence-corrected chi connectivity index (χ4v) is 0.820. The van der Waals surface area contributed by atoms with E-state index in [-0.39, 0.29) is 12.0 Å². The summed E-state index contributed by atoms with van der Waals surface area (Å²) in [6.07, 6.45) is 2.21. The summed E-state index contributed by atoms with van der Waals surface area (Å²) >= 11 is 0. The molecule has 0 fully saturated rings. The van der Waals surface area contributed by atoms with E-state index in [0.717, 1.165) is 5.70 Å². The zero-order chi connectivity index (χ0) is 9.56. The summed E-state index contributed by atoms with van der Waals surface area (Å²) in [6.45, 7) is 8.98. The lowest BCUT2D eigenvalue weighted by Gasteiger charge is -2.15. The Morgan fingerprint density at radius 1 is 1.75 bits per heavy atom. The lowest BCUT2D eigenvalue weighted by atomic mass is 10.2. The average molecular weight is 169 g/mol. The van der Waals surface area contributed by atoms with Crippen LogP contribution in [-0.2, 0) is 9.53 Å². The van der Waals surface area contributed by atoms with Crippen molar-refractivity contribution >= 4 is 5.97 Å². The van der Waals surface area contributed by atoms with Crippen molar-refractivity contribution in [3.63, 3.8) is 0 Å². The van der Waals surface area contributed by atoms with Crippen LogP contribution in [0, 0.1) is 0 Å². The van der Waals surface area contributed by atoms with E-state index < -0.39 is 0 Å². The normalized spacial score (nSPS) is 11.5. The molecule has 3 nitrogen and oxygen atoms in total. The van der Waals surface area contributed by atoms with E-state index in [1.807, 2.05) is 0 Å². The molecule has 0 aliphatic carbocycles. The Morgan fingerprint density at radius 3 is 2.67 bits per heavy atom. The van der Waals surface area contributed by atoms with Crippen LogP contribution in [0.5, 0.6) is 0 Å². The number of esters is 1. The molecule has 0 heterocycles. The zero-order valence-corrected chi connectivity index (χ0v) is 7.59. The minimum atomic E-state index is -0.356. The number of hydrogen-bond donors (Lipinski definition) is 1. The molecule has 0 aromatic rings. The molecule has 0 aliphatic heterocycles. The molecule has 12 heavy (non-hydrogen) atoms. The number of carbonyl (C=O) groups is 1. The third-order valence-corrected chi connectivity index (χ3v) is 1.31. The summed E-state index contributed by atoms with van der Waals surface area (Å²) in [5.41, 5.74) is 0.743. The molecule has 0 aromatic heterocycles. The highest BCUT2D eigenvalue weighted by molar-refractivity contribution is 5.76. The Kier molecular flexibility index (Phi) is 4.84. The molecular formula is C9H15NO2. The first kappa shape index (κ1) is 10.8. The summed E-state index contributed by atoms with van der Waals surface area (Å²) in [5, 5.41) is 2.89. The molecule has 3 heteroatoms. The van der Waals surface area contributed by atoms with Gasteiger partial charge in [-0.05, 0) is 13.3 Å². The van der Waals surface area contributed by atoms with Gasteiger partial charge in [-0.3, -0.25) is 0 Å². The highest BCUT2D eigenvalue weighted by atomic mass is 16.5. The van der Waals surface area contributed by atoms with Crippen LogP contribution in [0.25, 0.3) is 0 Å². The van der Waals surface area contributed by atoms with Gasteiger partial charge in [0.15, 0.2) is 0 Å². The van der Waals surface area contributed by atoms with Crippen molar-refractivity contribution in [2.45, 2.75) is 19.4 Å². The van der Waals surface area contributed by atoms with E-state index in [1.165, 1.54) is 7.11 Å². The van der Waals surface area contributed by atoms with Crippen LogP contribution in [0.1, 0.15) is 13.3 Å². The number of nitrogens with one attached hydrogen (secondary N) is 1. The quantitative estimate of drug-likeness (QED) is 0.497. The molecule has 0 amide bonds. The van der Waals surface area contributed by atoms with Crippen LogP contribution in [0.3, 0.4) is 0 Å². The lowest BCUT2D eigenvalue weighted by Crippen LogP contribution is -2.35. The molecule has 0 radical (unpaired) electrons. The summed E-state index contributed by atoms with van der Waals surface area (Å²) in [5.74, 6) is -0.294. The van der Waals surface area contributed by atoms with Crippen LogP contribution in [0.15, 0.2) is 24.9 Å². The number of carbonyl (C=O) groups excluding carboxylic acids is 1. The first-order valence-corrected chi connectivity index (χ1v) is 3.72. The fourth-order valence-electron chi connectivity index (χ4n) is 0.820. The first-order chi connectivity index (χ1) is 5.61. The van der Waals surface area contributed by atoms with E-state index in [1.54, 1.807) is 13.0 Å². The van der Waals surface area contributed by atoms with E-state index >= 15 is 0 Å². The van der Waals surface area contributed by atoms with Crippen LogP contribution in [-0.4, -0.2) is 19.1 Å². The van der Waals surface area contributed by atoms with E-state index in [0.29, 0.717) is 6.42 Å². The predicted octanol–water partition coefficient (Wildman–Crippen LogP) is 1.23. The van der Waals surface area contributed by atoms with Crippen LogP contribution in [0.4, 0.5) is 0 Å². The van der Waals surface area contributed by atoms with E-state index in [2.05, 4.69) is 23.2 Å². The van der Waals surface area contributed by atoms with Gasteiger partial charge in [-0.15, -0.1) is 6.58 Å². The smallest absolute Gasteiger partial charge is 0.328 e. The Morgan fingerprint density at radius 2 is 2.33 bits per heavy atom. The molecule has 0 aliphatic rings. The third-order valence-electron chi connectivity index (χ3n) is 1.31. The Balaban J connectivity index is 4.11. The predicted molar refractivity (Wildman–Crippen MR) is 48.6 cm³/mol. The van der Waals surface area contributed by atoms with Gasteiger partial charge >= 0.3 is 5.97 Å². The molecule has 0 aromatic carbocycles. The van der Waals surface area contributed by atoms with E-state index in [4.69, 9.17) is 0 Å². The molecular weight excluding hydrogens is 154 g/mol. The molecule has 0 spiro atoms. The number of methoxy groups -OCH3 is 1. The molecule has 68 valence electrons. The molecule has 0 bridgehead atoms. The van der Waals surface area contributed by atoms with Crippen LogP contribution >= 0.6 is 0 Å². The molecule has 0 saturated carbocycles. The molecule has 1 N–H and O–H groups in total. The van der Waals surface area contributed by atoms with Gasteiger partial charge in [0.1, 0.15) is 6.04 Å². The van der Waals surface area contributed by atoms with Crippen LogP contribution < -0.4 is 5.32 Å². The number of allylic oxidation sites excluding steroid dienone is 1. The van der Waals surface area contributed by atoms with Gasteiger partial charge in [-0.25, -0.2) is 4.79 Å². The highest BCUT2D eigenvalue weighted by Gasteiger charge is 2.15. The maximum absolute atomic E-state index is 11.1. The summed E-state index contributed by atoms with van der Waals surface area (Å²) < 4.78 is 4.58. The van der Waals surface area contributed by atoms with Gasteiger partial charge < -0.3 is 10.1 Å². The molecule has 0 rings (SSSR count). The minimum Gasteiger partial charge on any atom is -0.467 e. The van der Waals surface area contributed by atoms with Crippen molar-refractivity contribution in [3.05, 3.63) is 24.9 Å². The second-order valence-corrected chi connectivity index (χ2v) is 2.52. The Labute approximate surface area is 73.1 Å². The minimum absolute atomic E-state index is 0.294. The van der Waals surface area contributed by atoms with Gasteiger partial charge in [0, 0.05) is 5.70 Å². The second kappa shape index (κ2) is 5.41. The third kappa shape index (κ3) is 3.81. The van der Waals surface area contributed by atoms with Gasteiger partial charge in [-0.2, -0.15) is 0 Å². The van der Waals surface area contributed by atoms with Crippen molar-refractivity contribution in [2.75, 3.05) is 7.11 Å². The number of hydrogen-bond acceptors (Lipinski definition) is 3. The van der Waals surface area contributed by atoms with Gasteiger partial charge in [0.2, 0.25) is 0 Å². The maximum atomic E-state index is 11.1. The highest BCUT2D eigenvalue weighted by Crippen LogP contribution is 1.98. The molecule has 0 saturated heterocycles. The van der Waals surface area contributed by atoms with Gasteiger partial charge in [-0.1, -0.05) is 12.7 Å². The first-order valence-electron chi connectivity index (χ1n) is 3.72. The van der Waals surface area contributed by atoms with Crippen LogP contribution in [0.2, 0.25) is 0 Å². The summed E-state index contributed by atoms with van der Waals surface area (Å²) in [4.78, 5) is 11.1. The van der Waals surface area contributed by atoms with Crippen molar-refractivity contribution in [1.82, 2.24) is 5.32 Å². The van der Waals surface area contributed by atoms with Crippen molar-refractivity contribution < 1.29 is 9.53 Å². The topological polar surface area (TPSA) is 38.3 Å². The standard InChI is InChI=1S/C9H15NO2/c1-5-6-8(9(11)12-4)10-7(2)3/h5,8,10H,1-2,6H2,3-4H3/t8-/m0/s1. The van der Waals surface area contributed by atoms with Crippen molar-refractivity contribution in [1.29, 1.82) is 0 Å². The average Bonchev–Trinajstić information content (AvgIpc) is 2.01. The number of ether oxygens (including phenoxy) is 1. The molecule has 1 atom stereocenters.